The van der Waals surface area contributed by atoms with E-state index in [1.807, 2.05) is 85.8 Å². The van der Waals surface area contributed by atoms with Gasteiger partial charge in [-0.25, -0.2) is 0 Å². The highest BCUT2D eigenvalue weighted by atomic mass is 16.5. The Hall–Kier alpha value is -4.27. The van der Waals surface area contributed by atoms with Gasteiger partial charge in [0.25, 0.3) is 0 Å². The van der Waals surface area contributed by atoms with Crippen LogP contribution in [-0.2, 0) is 38.7 Å². The van der Waals surface area contributed by atoms with E-state index in [2.05, 4.69) is 27.3 Å². The molecule has 2 amide bonds. The topological polar surface area (TPSA) is 109 Å². The molecule has 0 aliphatic heterocycles. The number of nitrogens with one attached hydrogen (secondary N) is 4. The maximum atomic E-state index is 13.5. The van der Waals surface area contributed by atoms with Gasteiger partial charge in [-0.05, 0) is 49.4 Å². The van der Waals surface area contributed by atoms with E-state index in [9.17, 15) is 14.4 Å². The number of rotatable bonds is 17. The van der Waals surface area contributed by atoms with E-state index < -0.39 is 6.04 Å². The van der Waals surface area contributed by atoms with Gasteiger partial charge in [-0.15, -0.1) is 0 Å². The number of hydrogen-bond acceptors (Lipinski definition) is 6. The predicted molar refractivity (Wildman–Crippen MR) is 165 cm³/mol. The zero-order chi connectivity index (χ0) is 30.0. The summed E-state index contributed by atoms with van der Waals surface area (Å²) in [5.74, 6) is -0.699. The molecular weight excluding hydrogens is 528 g/mol. The van der Waals surface area contributed by atoms with Gasteiger partial charge in [-0.3, -0.25) is 14.4 Å². The number of carbonyl (C=O) groups excluding carboxylic acids is 3. The quantitative estimate of drug-likeness (QED) is 0.112. The highest BCUT2D eigenvalue weighted by Gasteiger charge is 2.21. The fourth-order valence-electron chi connectivity index (χ4n) is 4.41. The molecule has 2 atom stereocenters. The molecular formula is C34H42N4O4. The number of amides is 2. The molecule has 0 fully saturated rings. The van der Waals surface area contributed by atoms with E-state index in [-0.39, 0.29) is 37.0 Å². The van der Waals surface area contributed by atoms with Crippen molar-refractivity contribution >= 4 is 17.8 Å². The molecule has 8 nitrogen and oxygen atoms in total. The molecule has 0 aliphatic rings. The average molecular weight is 571 g/mol. The zero-order valence-corrected chi connectivity index (χ0v) is 24.5. The van der Waals surface area contributed by atoms with Gasteiger partial charge in [0.05, 0.1) is 18.6 Å². The number of aryl methyl sites for hydroxylation is 1. The summed E-state index contributed by atoms with van der Waals surface area (Å²) in [6.45, 7) is 3.48. The summed E-state index contributed by atoms with van der Waals surface area (Å²) in [6, 6.07) is 26.7. The van der Waals surface area contributed by atoms with Crippen LogP contribution < -0.4 is 21.3 Å². The second kappa shape index (κ2) is 18.2. The Bertz CT molecular complexity index is 1280. The minimum Gasteiger partial charge on any atom is -0.460 e. The molecule has 3 aromatic carbocycles. The Morgan fingerprint density at radius 2 is 1.57 bits per heavy atom. The summed E-state index contributed by atoms with van der Waals surface area (Å²) in [7, 11) is 1.57. The Kier molecular flexibility index (Phi) is 14.0. The highest BCUT2D eigenvalue weighted by Crippen LogP contribution is 2.08. The molecule has 3 aromatic rings. The Morgan fingerprint density at radius 1 is 0.881 bits per heavy atom. The lowest BCUT2D eigenvalue weighted by molar-refractivity contribution is -0.143. The van der Waals surface area contributed by atoms with E-state index in [1.165, 1.54) is 6.08 Å². The summed E-state index contributed by atoms with van der Waals surface area (Å²) in [4.78, 5) is 37.5. The first kappa shape index (κ1) is 32.2. The van der Waals surface area contributed by atoms with Crippen LogP contribution >= 0.6 is 0 Å². The molecule has 3 rings (SSSR count). The number of ether oxygens (including phenoxy) is 1. The van der Waals surface area contributed by atoms with Crippen molar-refractivity contribution < 1.29 is 19.1 Å². The zero-order valence-electron chi connectivity index (χ0n) is 24.5. The highest BCUT2D eigenvalue weighted by molar-refractivity contribution is 5.87. The van der Waals surface area contributed by atoms with E-state index in [1.54, 1.807) is 13.1 Å². The number of hydrogen-bond donors (Lipinski definition) is 4. The first-order valence-electron chi connectivity index (χ1n) is 14.4. The summed E-state index contributed by atoms with van der Waals surface area (Å²) >= 11 is 0. The molecule has 8 heteroatoms. The minimum absolute atomic E-state index is 0.101. The third-order valence-electron chi connectivity index (χ3n) is 6.66. The van der Waals surface area contributed by atoms with E-state index in [0.717, 1.165) is 22.3 Å². The first-order chi connectivity index (χ1) is 20.4. The lowest BCUT2D eigenvalue weighted by Gasteiger charge is -2.22. The molecule has 0 aromatic heterocycles. The average Bonchev–Trinajstić information content (AvgIpc) is 3.01. The molecule has 4 N–H and O–H groups in total. The van der Waals surface area contributed by atoms with Crippen LogP contribution in [0.2, 0.25) is 0 Å². The largest absolute Gasteiger partial charge is 0.460 e. The lowest BCUT2D eigenvalue weighted by atomic mass is 10.0. The van der Waals surface area contributed by atoms with Crippen LogP contribution in [0.3, 0.4) is 0 Å². The van der Waals surface area contributed by atoms with Crippen LogP contribution in [-0.4, -0.2) is 50.0 Å². The van der Waals surface area contributed by atoms with Gasteiger partial charge in [0, 0.05) is 19.7 Å². The third-order valence-corrected chi connectivity index (χ3v) is 6.66. The van der Waals surface area contributed by atoms with Crippen LogP contribution in [0, 0.1) is 6.92 Å². The number of carbonyl (C=O) groups is 3. The second-order valence-electron chi connectivity index (χ2n) is 10.2. The van der Waals surface area contributed by atoms with Crippen LogP contribution in [0.25, 0.3) is 0 Å². The monoisotopic (exact) mass is 570 g/mol. The number of likely N-dealkylation sites (N-methyl/N-ethyl adjacent to an activating group) is 1. The summed E-state index contributed by atoms with van der Waals surface area (Å²) in [5, 5.41) is 12.2. The fraction of sp³-hybridized carbons (Fsp3) is 0.324. The third kappa shape index (κ3) is 12.5. The van der Waals surface area contributed by atoms with Crippen LogP contribution in [0.5, 0.6) is 0 Å². The van der Waals surface area contributed by atoms with Crippen molar-refractivity contribution in [1.82, 2.24) is 21.3 Å². The second-order valence-corrected chi connectivity index (χ2v) is 10.2. The molecule has 222 valence electrons. The van der Waals surface area contributed by atoms with Gasteiger partial charge in [0.15, 0.2) is 0 Å². The van der Waals surface area contributed by atoms with Gasteiger partial charge < -0.3 is 26.0 Å². The van der Waals surface area contributed by atoms with Crippen molar-refractivity contribution in [2.45, 2.75) is 51.4 Å². The van der Waals surface area contributed by atoms with Crippen molar-refractivity contribution in [1.29, 1.82) is 0 Å². The maximum Gasteiger partial charge on any atom is 0.320 e. The van der Waals surface area contributed by atoms with Crippen LogP contribution in [0.4, 0.5) is 0 Å². The van der Waals surface area contributed by atoms with Crippen LogP contribution in [0.1, 0.15) is 35.1 Å². The molecule has 0 saturated heterocycles. The molecule has 0 aliphatic carbocycles. The lowest BCUT2D eigenvalue weighted by Crippen LogP contribution is -2.48. The SMILES string of the molecule is CNC(=O)/C=C/C(Cc1ccccc1)NC(=O)C(CCCNCC(=O)OCc1ccccc1)NCc1cccc(C)c1. The van der Waals surface area contributed by atoms with Crippen LogP contribution in [0.15, 0.2) is 97.1 Å². The van der Waals surface area contributed by atoms with Crippen molar-refractivity contribution in [3.63, 3.8) is 0 Å². The summed E-state index contributed by atoms with van der Waals surface area (Å²) < 4.78 is 5.32. The van der Waals surface area contributed by atoms with Crippen molar-refractivity contribution in [2.24, 2.45) is 0 Å². The molecule has 0 heterocycles. The maximum absolute atomic E-state index is 13.5. The predicted octanol–water partition coefficient (Wildman–Crippen LogP) is 3.60. The minimum atomic E-state index is -0.469. The Balaban J connectivity index is 1.56. The first-order valence-corrected chi connectivity index (χ1v) is 14.4. The molecule has 0 radical (unpaired) electrons. The molecule has 0 saturated carbocycles. The number of esters is 1. The fourth-order valence-corrected chi connectivity index (χ4v) is 4.41. The normalized spacial score (nSPS) is 12.4. The number of benzene rings is 3. The molecule has 0 bridgehead atoms. The molecule has 42 heavy (non-hydrogen) atoms. The van der Waals surface area contributed by atoms with Gasteiger partial charge in [0.2, 0.25) is 11.8 Å². The van der Waals surface area contributed by atoms with Gasteiger partial charge in [-0.1, -0.05) is 96.6 Å². The van der Waals surface area contributed by atoms with E-state index in [0.29, 0.717) is 32.4 Å². The summed E-state index contributed by atoms with van der Waals surface area (Å²) in [6.07, 6.45) is 4.95. The van der Waals surface area contributed by atoms with Gasteiger partial charge in [0.1, 0.15) is 6.61 Å². The molecule has 2 unspecified atom stereocenters. The van der Waals surface area contributed by atoms with Gasteiger partial charge in [-0.2, -0.15) is 0 Å². The van der Waals surface area contributed by atoms with Crippen molar-refractivity contribution in [2.75, 3.05) is 20.1 Å². The van der Waals surface area contributed by atoms with E-state index >= 15 is 0 Å². The van der Waals surface area contributed by atoms with Crippen molar-refractivity contribution in [3.05, 3.63) is 119 Å². The smallest absolute Gasteiger partial charge is 0.320 e. The van der Waals surface area contributed by atoms with Gasteiger partial charge >= 0.3 is 5.97 Å². The molecule has 0 spiro atoms. The van der Waals surface area contributed by atoms with Crippen molar-refractivity contribution in [3.8, 4) is 0 Å². The Morgan fingerprint density at radius 3 is 2.26 bits per heavy atom. The Labute approximate surface area is 248 Å². The summed E-state index contributed by atoms with van der Waals surface area (Å²) in [5.41, 5.74) is 4.24. The van der Waals surface area contributed by atoms with E-state index in [4.69, 9.17) is 4.74 Å². The standard InChI is InChI=1S/C34H42N4O4/c1-26-11-9-16-29(21-26)23-37-31(17-10-20-36-24-33(40)42-25-28-14-7-4-8-15-28)34(41)38-30(18-19-32(39)35-2)22-27-12-5-3-6-13-27/h3-9,11-16,18-19,21,30-31,36-37H,10,17,20,22-25H2,1-2H3,(H,35,39)(H,38,41)/b19-18+.